The summed E-state index contributed by atoms with van der Waals surface area (Å²) < 4.78 is 11.2. The first kappa shape index (κ1) is 12.6. The van der Waals surface area contributed by atoms with Gasteiger partial charge in [0.15, 0.2) is 5.75 Å². The summed E-state index contributed by atoms with van der Waals surface area (Å²) in [6, 6.07) is 6.02. The molecule has 1 aromatic carbocycles. The molecule has 0 aromatic heterocycles. The second kappa shape index (κ2) is 5.03. The van der Waals surface area contributed by atoms with Gasteiger partial charge in [-0.05, 0) is 37.3 Å². The van der Waals surface area contributed by atoms with Gasteiger partial charge in [-0.2, -0.15) is 0 Å². The quantitative estimate of drug-likeness (QED) is 0.620. The van der Waals surface area contributed by atoms with Crippen LogP contribution in [0.4, 0.5) is 0 Å². The molecule has 0 fully saturated rings. The number of hydrogen-bond acceptors (Lipinski definition) is 2. The van der Waals surface area contributed by atoms with Gasteiger partial charge in [-0.1, -0.05) is 22.0 Å². The molecule has 4 heteroatoms. The summed E-state index contributed by atoms with van der Waals surface area (Å²) in [5.41, 5.74) is 1.20. The van der Waals surface area contributed by atoms with Gasteiger partial charge in [0.1, 0.15) is 5.75 Å². The van der Waals surface area contributed by atoms with Crippen LogP contribution in [0.2, 0.25) is 19.6 Å². The Balaban J connectivity index is 3.01. The van der Waals surface area contributed by atoms with Gasteiger partial charge < -0.3 is 9.16 Å². The van der Waals surface area contributed by atoms with E-state index in [9.17, 15) is 0 Å². The molecule has 0 saturated heterocycles. The highest BCUT2D eigenvalue weighted by Gasteiger charge is 2.18. The largest absolute Gasteiger partial charge is 0.542 e. The standard InChI is InChI=1S/C11H17BrO2Si/c1-13-10-6-5-9(8-12)7-11(10)14-15(2,3)4/h5-7H,8H2,1-4H3. The predicted molar refractivity (Wildman–Crippen MR) is 69.6 cm³/mol. The number of ether oxygens (including phenoxy) is 1. The van der Waals surface area contributed by atoms with Gasteiger partial charge in [-0.25, -0.2) is 0 Å². The molecule has 0 aliphatic carbocycles. The van der Waals surface area contributed by atoms with Crippen LogP contribution in [-0.2, 0) is 5.33 Å². The number of halogens is 1. The molecule has 0 saturated carbocycles. The third-order valence-corrected chi connectivity index (χ3v) is 3.28. The number of benzene rings is 1. The second-order valence-electron chi connectivity index (χ2n) is 4.33. The number of alkyl halides is 1. The van der Waals surface area contributed by atoms with Crippen LogP contribution in [-0.4, -0.2) is 15.4 Å². The van der Waals surface area contributed by atoms with Gasteiger partial charge in [0, 0.05) is 5.33 Å². The lowest BCUT2D eigenvalue weighted by Gasteiger charge is -2.21. The van der Waals surface area contributed by atoms with E-state index in [1.54, 1.807) is 7.11 Å². The monoisotopic (exact) mass is 288 g/mol. The summed E-state index contributed by atoms with van der Waals surface area (Å²) in [5.74, 6) is 1.66. The zero-order valence-electron chi connectivity index (χ0n) is 9.63. The van der Waals surface area contributed by atoms with Crippen LogP contribution in [0.3, 0.4) is 0 Å². The molecule has 1 rings (SSSR count). The maximum atomic E-state index is 5.96. The highest BCUT2D eigenvalue weighted by molar-refractivity contribution is 9.08. The van der Waals surface area contributed by atoms with E-state index >= 15 is 0 Å². The molecule has 84 valence electrons. The fourth-order valence-electron chi connectivity index (χ4n) is 1.21. The molecule has 0 heterocycles. The van der Waals surface area contributed by atoms with Crippen LogP contribution in [0.1, 0.15) is 5.56 Å². The Morgan fingerprint density at radius 3 is 2.33 bits per heavy atom. The molecule has 0 unspecified atom stereocenters. The van der Waals surface area contributed by atoms with E-state index in [2.05, 4.69) is 35.6 Å². The topological polar surface area (TPSA) is 18.5 Å². The lowest BCUT2D eigenvalue weighted by Crippen LogP contribution is -2.29. The van der Waals surface area contributed by atoms with Crippen LogP contribution in [0, 0.1) is 0 Å². The first-order valence-electron chi connectivity index (χ1n) is 4.88. The van der Waals surface area contributed by atoms with Crippen LogP contribution >= 0.6 is 15.9 Å². The number of rotatable bonds is 4. The lowest BCUT2D eigenvalue weighted by atomic mass is 10.2. The Morgan fingerprint density at radius 2 is 1.87 bits per heavy atom. The smallest absolute Gasteiger partial charge is 0.242 e. The average Bonchev–Trinajstić information content (AvgIpc) is 2.15. The number of hydrogen-bond donors (Lipinski definition) is 0. The van der Waals surface area contributed by atoms with Gasteiger partial charge in [0.05, 0.1) is 7.11 Å². The average molecular weight is 289 g/mol. The Bertz CT molecular complexity index is 334. The minimum atomic E-state index is -1.58. The van der Waals surface area contributed by atoms with Crippen molar-refractivity contribution in [3.05, 3.63) is 23.8 Å². The van der Waals surface area contributed by atoms with Crippen molar-refractivity contribution in [1.29, 1.82) is 0 Å². The van der Waals surface area contributed by atoms with Crippen molar-refractivity contribution < 1.29 is 9.16 Å². The second-order valence-corrected chi connectivity index (χ2v) is 9.32. The minimum Gasteiger partial charge on any atom is -0.542 e. The summed E-state index contributed by atoms with van der Waals surface area (Å²) in [5, 5.41) is 0.832. The highest BCUT2D eigenvalue weighted by Crippen LogP contribution is 2.30. The van der Waals surface area contributed by atoms with Crippen molar-refractivity contribution in [3.8, 4) is 11.5 Å². The van der Waals surface area contributed by atoms with Crippen molar-refractivity contribution in [2.24, 2.45) is 0 Å². The highest BCUT2D eigenvalue weighted by atomic mass is 79.9. The molecule has 0 aliphatic heterocycles. The molecule has 0 amide bonds. The van der Waals surface area contributed by atoms with E-state index in [0.717, 1.165) is 16.8 Å². The molecule has 0 spiro atoms. The molecule has 0 N–H and O–H groups in total. The molecule has 1 aromatic rings. The minimum absolute atomic E-state index is 0.808. The molecule has 0 atom stereocenters. The van der Waals surface area contributed by atoms with E-state index < -0.39 is 8.32 Å². The fraction of sp³-hybridized carbons (Fsp3) is 0.455. The zero-order chi connectivity index (χ0) is 11.5. The number of methoxy groups -OCH3 is 1. The van der Waals surface area contributed by atoms with E-state index in [-0.39, 0.29) is 0 Å². The third kappa shape index (κ3) is 3.87. The molecule has 2 nitrogen and oxygen atoms in total. The van der Waals surface area contributed by atoms with E-state index in [4.69, 9.17) is 9.16 Å². The molecule has 0 radical (unpaired) electrons. The maximum Gasteiger partial charge on any atom is 0.242 e. The normalized spacial score (nSPS) is 11.3. The SMILES string of the molecule is COc1ccc(CBr)cc1O[Si](C)(C)C. The molecule has 15 heavy (non-hydrogen) atoms. The molecular formula is C11H17BrO2Si. The lowest BCUT2D eigenvalue weighted by molar-refractivity contribution is 0.392. The third-order valence-electron chi connectivity index (χ3n) is 1.80. The van der Waals surface area contributed by atoms with Crippen molar-refractivity contribution >= 4 is 24.2 Å². The Hall–Kier alpha value is -0.483. The van der Waals surface area contributed by atoms with E-state index in [0.29, 0.717) is 0 Å². The summed E-state index contributed by atoms with van der Waals surface area (Å²) in [4.78, 5) is 0. The van der Waals surface area contributed by atoms with Gasteiger partial charge in [0.25, 0.3) is 0 Å². The van der Waals surface area contributed by atoms with Crippen molar-refractivity contribution in [2.75, 3.05) is 7.11 Å². The molecular weight excluding hydrogens is 272 g/mol. The Labute approximate surface area is 101 Å². The summed E-state index contributed by atoms with van der Waals surface area (Å²) >= 11 is 3.43. The van der Waals surface area contributed by atoms with Gasteiger partial charge in [-0.3, -0.25) is 0 Å². The Kier molecular flexibility index (Phi) is 4.22. The first-order valence-corrected chi connectivity index (χ1v) is 9.41. The summed E-state index contributed by atoms with van der Waals surface area (Å²) in [6.07, 6.45) is 0. The summed E-state index contributed by atoms with van der Waals surface area (Å²) in [7, 11) is 0.0902. The van der Waals surface area contributed by atoms with Crippen LogP contribution < -0.4 is 9.16 Å². The maximum absolute atomic E-state index is 5.96. The van der Waals surface area contributed by atoms with Gasteiger partial charge >= 0.3 is 0 Å². The predicted octanol–water partition coefficient (Wildman–Crippen LogP) is 3.80. The van der Waals surface area contributed by atoms with E-state index in [1.165, 1.54) is 5.56 Å². The van der Waals surface area contributed by atoms with Crippen LogP contribution in [0.15, 0.2) is 18.2 Å². The molecule has 0 bridgehead atoms. The summed E-state index contributed by atoms with van der Waals surface area (Å²) in [6.45, 7) is 6.48. The van der Waals surface area contributed by atoms with Gasteiger partial charge in [0.2, 0.25) is 8.32 Å². The van der Waals surface area contributed by atoms with Crippen molar-refractivity contribution in [1.82, 2.24) is 0 Å². The zero-order valence-corrected chi connectivity index (χ0v) is 12.2. The molecule has 0 aliphatic rings. The van der Waals surface area contributed by atoms with Crippen LogP contribution in [0.5, 0.6) is 11.5 Å². The fourth-order valence-corrected chi connectivity index (χ4v) is 2.38. The Morgan fingerprint density at radius 1 is 1.20 bits per heavy atom. The van der Waals surface area contributed by atoms with Crippen LogP contribution in [0.25, 0.3) is 0 Å². The first-order chi connectivity index (χ1) is 6.96. The van der Waals surface area contributed by atoms with E-state index in [1.807, 2.05) is 18.2 Å². The van der Waals surface area contributed by atoms with Crippen molar-refractivity contribution in [2.45, 2.75) is 25.0 Å². The van der Waals surface area contributed by atoms with Gasteiger partial charge in [-0.15, -0.1) is 0 Å². The van der Waals surface area contributed by atoms with Crippen molar-refractivity contribution in [3.63, 3.8) is 0 Å².